The molecule has 1 aromatic heterocycles. The van der Waals surface area contributed by atoms with Gasteiger partial charge in [0, 0.05) is 11.7 Å². The Morgan fingerprint density at radius 1 is 1.20 bits per heavy atom. The molecule has 20 heavy (non-hydrogen) atoms. The maximum absolute atomic E-state index is 6.00. The van der Waals surface area contributed by atoms with Crippen LogP contribution >= 0.6 is 24.8 Å². The van der Waals surface area contributed by atoms with Gasteiger partial charge in [0.15, 0.2) is 0 Å². The number of benzene rings is 1. The van der Waals surface area contributed by atoms with Gasteiger partial charge in [0.25, 0.3) is 0 Å². The summed E-state index contributed by atoms with van der Waals surface area (Å²) in [5.74, 6) is 0.994. The molecule has 0 spiro atoms. The molecule has 0 saturated carbocycles. The van der Waals surface area contributed by atoms with Crippen LogP contribution in [0.15, 0.2) is 41.0 Å². The van der Waals surface area contributed by atoms with Crippen LogP contribution in [0.5, 0.6) is 0 Å². The molecule has 1 atom stereocenters. The van der Waals surface area contributed by atoms with Crippen LogP contribution in [0.25, 0.3) is 0 Å². The summed E-state index contributed by atoms with van der Waals surface area (Å²) in [5, 5.41) is 3.55. The van der Waals surface area contributed by atoms with E-state index in [0.29, 0.717) is 6.04 Å². The van der Waals surface area contributed by atoms with Gasteiger partial charge in [-0.25, -0.2) is 0 Å². The van der Waals surface area contributed by atoms with E-state index in [1.54, 1.807) is 6.26 Å². The van der Waals surface area contributed by atoms with Crippen LogP contribution in [0.1, 0.15) is 23.3 Å². The molecule has 3 N–H and O–H groups in total. The number of nitrogen functional groups attached to an aromatic ring is 1. The Hall–Kier alpha value is -1.16. The fraction of sp³-hybridized carbons (Fsp3) is 0.333. The van der Waals surface area contributed by atoms with Crippen molar-refractivity contribution in [2.24, 2.45) is 0 Å². The van der Waals surface area contributed by atoms with Crippen molar-refractivity contribution >= 4 is 30.5 Å². The molecular formula is C15H20Cl2N2O. The number of halogens is 2. The average Bonchev–Trinajstić information content (AvgIpc) is 2.90. The molecule has 110 valence electrons. The van der Waals surface area contributed by atoms with Crippen molar-refractivity contribution in [3.63, 3.8) is 0 Å². The van der Waals surface area contributed by atoms with Crippen LogP contribution < -0.4 is 11.1 Å². The Labute approximate surface area is 131 Å². The second-order valence-corrected chi connectivity index (χ2v) is 4.88. The summed E-state index contributed by atoms with van der Waals surface area (Å²) in [4.78, 5) is 0. The maximum atomic E-state index is 6.00. The van der Waals surface area contributed by atoms with Gasteiger partial charge in [0.2, 0.25) is 0 Å². The van der Waals surface area contributed by atoms with Gasteiger partial charge in [0.05, 0.1) is 12.8 Å². The highest BCUT2D eigenvalue weighted by Gasteiger charge is 2.19. The summed E-state index contributed by atoms with van der Waals surface area (Å²) >= 11 is 0. The first-order valence-electron chi connectivity index (χ1n) is 6.45. The minimum Gasteiger partial charge on any atom is -0.468 e. The number of nitrogens with one attached hydrogen (secondary N) is 1. The minimum atomic E-state index is 0. The summed E-state index contributed by atoms with van der Waals surface area (Å²) in [5.41, 5.74) is 9.67. The zero-order chi connectivity index (χ0) is 12.4. The predicted molar refractivity (Wildman–Crippen MR) is 86.7 cm³/mol. The molecule has 3 rings (SSSR count). The van der Waals surface area contributed by atoms with Crippen LogP contribution in [0.2, 0.25) is 0 Å². The fourth-order valence-corrected chi connectivity index (χ4v) is 2.67. The largest absolute Gasteiger partial charge is 0.468 e. The van der Waals surface area contributed by atoms with Crippen LogP contribution in [0.4, 0.5) is 5.69 Å². The lowest BCUT2D eigenvalue weighted by molar-refractivity contribution is 0.416. The quantitative estimate of drug-likeness (QED) is 0.854. The number of rotatable bonds is 3. The van der Waals surface area contributed by atoms with Gasteiger partial charge in [-0.1, -0.05) is 12.1 Å². The molecule has 0 bridgehead atoms. The fourth-order valence-electron chi connectivity index (χ4n) is 2.67. The van der Waals surface area contributed by atoms with Crippen LogP contribution in [-0.2, 0) is 19.4 Å². The summed E-state index contributed by atoms with van der Waals surface area (Å²) < 4.78 is 5.33. The molecule has 5 heteroatoms. The number of hydrogen-bond acceptors (Lipinski definition) is 3. The minimum absolute atomic E-state index is 0. The Kier molecular flexibility index (Phi) is 6.40. The maximum Gasteiger partial charge on any atom is 0.117 e. The first kappa shape index (κ1) is 16.9. The van der Waals surface area contributed by atoms with Gasteiger partial charge in [0.1, 0.15) is 5.76 Å². The van der Waals surface area contributed by atoms with E-state index in [0.717, 1.165) is 37.3 Å². The van der Waals surface area contributed by atoms with E-state index >= 15 is 0 Å². The highest BCUT2D eigenvalue weighted by Crippen LogP contribution is 2.26. The van der Waals surface area contributed by atoms with Crippen molar-refractivity contribution in [1.82, 2.24) is 5.32 Å². The standard InChI is InChI=1S/C15H18N2O.2ClH/c16-15-5-1-3-11-9-12(6-7-14(11)15)17-10-13-4-2-8-18-13;;/h1-5,8,12,17H,6-7,9-10,16H2;2*1H. The number of fused-ring (bicyclic) bond motifs is 1. The molecule has 0 fully saturated rings. The third-order valence-electron chi connectivity index (χ3n) is 3.66. The molecular weight excluding hydrogens is 295 g/mol. The van der Waals surface area contributed by atoms with Crippen molar-refractivity contribution in [3.8, 4) is 0 Å². The molecule has 0 saturated heterocycles. The van der Waals surface area contributed by atoms with E-state index in [-0.39, 0.29) is 24.8 Å². The van der Waals surface area contributed by atoms with Crippen LogP contribution in [0, 0.1) is 0 Å². The average molecular weight is 315 g/mol. The molecule has 1 aromatic carbocycles. The van der Waals surface area contributed by atoms with Crippen molar-refractivity contribution in [2.75, 3.05) is 5.73 Å². The summed E-state index contributed by atoms with van der Waals surface area (Å²) in [6.45, 7) is 0.801. The number of anilines is 1. The predicted octanol–water partition coefficient (Wildman–Crippen LogP) is 3.35. The van der Waals surface area contributed by atoms with E-state index in [4.69, 9.17) is 10.2 Å². The highest BCUT2D eigenvalue weighted by atomic mass is 35.5. The van der Waals surface area contributed by atoms with E-state index in [1.807, 2.05) is 24.3 Å². The van der Waals surface area contributed by atoms with Gasteiger partial charge in [-0.15, -0.1) is 24.8 Å². The zero-order valence-electron chi connectivity index (χ0n) is 11.2. The van der Waals surface area contributed by atoms with Crippen LogP contribution in [-0.4, -0.2) is 6.04 Å². The molecule has 2 aromatic rings. The van der Waals surface area contributed by atoms with Gasteiger partial charge in [-0.3, -0.25) is 0 Å². The van der Waals surface area contributed by atoms with Crippen molar-refractivity contribution in [3.05, 3.63) is 53.5 Å². The second-order valence-electron chi connectivity index (χ2n) is 4.88. The first-order valence-corrected chi connectivity index (χ1v) is 6.45. The lowest BCUT2D eigenvalue weighted by Gasteiger charge is -2.26. The number of nitrogens with two attached hydrogens (primary N) is 1. The molecule has 1 unspecified atom stereocenters. The van der Waals surface area contributed by atoms with E-state index in [1.165, 1.54) is 11.1 Å². The summed E-state index contributed by atoms with van der Waals surface area (Å²) in [6, 6.07) is 10.7. The third-order valence-corrected chi connectivity index (χ3v) is 3.66. The smallest absolute Gasteiger partial charge is 0.117 e. The first-order chi connectivity index (χ1) is 8.83. The summed E-state index contributed by atoms with van der Waals surface area (Å²) in [6.07, 6.45) is 4.98. The Morgan fingerprint density at radius 2 is 2.05 bits per heavy atom. The topological polar surface area (TPSA) is 51.2 Å². The van der Waals surface area contributed by atoms with Crippen molar-refractivity contribution in [2.45, 2.75) is 31.8 Å². The zero-order valence-corrected chi connectivity index (χ0v) is 12.8. The van der Waals surface area contributed by atoms with Gasteiger partial charge in [-0.05, 0) is 48.6 Å². The molecule has 0 aliphatic heterocycles. The number of furan rings is 1. The van der Waals surface area contributed by atoms with Gasteiger partial charge >= 0.3 is 0 Å². The van der Waals surface area contributed by atoms with Gasteiger partial charge < -0.3 is 15.5 Å². The SMILES string of the molecule is Cl.Cl.Nc1cccc2c1CCC(NCc1ccco1)C2. The van der Waals surface area contributed by atoms with Gasteiger partial charge in [-0.2, -0.15) is 0 Å². The van der Waals surface area contributed by atoms with Crippen molar-refractivity contribution < 1.29 is 4.42 Å². The molecule has 3 nitrogen and oxygen atoms in total. The molecule has 1 aliphatic rings. The Bertz CT molecular complexity index is 529. The van der Waals surface area contributed by atoms with E-state index < -0.39 is 0 Å². The Morgan fingerprint density at radius 3 is 2.80 bits per heavy atom. The molecule has 1 aliphatic carbocycles. The molecule has 1 heterocycles. The monoisotopic (exact) mass is 314 g/mol. The summed E-state index contributed by atoms with van der Waals surface area (Å²) in [7, 11) is 0. The van der Waals surface area contributed by atoms with Crippen LogP contribution in [0.3, 0.4) is 0 Å². The van der Waals surface area contributed by atoms with E-state index in [2.05, 4.69) is 11.4 Å². The highest BCUT2D eigenvalue weighted by molar-refractivity contribution is 5.85. The Balaban J connectivity index is 0.000001000. The van der Waals surface area contributed by atoms with E-state index in [9.17, 15) is 0 Å². The second kappa shape index (κ2) is 7.58. The molecule has 0 amide bonds. The lowest BCUT2D eigenvalue weighted by atomic mass is 9.87. The van der Waals surface area contributed by atoms with Crippen molar-refractivity contribution in [1.29, 1.82) is 0 Å². The lowest BCUT2D eigenvalue weighted by Crippen LogP contribution is -2.34. The molecule has 0 radical (unpaired) electrons. The normalized spacial score (nSPS) is 16.7. The number of hydrogen-bond donors (Lipinski definition) is 2. The third kappa shape index (κ3) is 3.69.